The van der Waals surface area contributed by atoms with E-state index in [1.807, 2.05) is 37.3 Å². The Labute approximate surface area is 235 Å². The molecule has 39 heavy (non-hydrogen) atoms. The summed E-state index contributed by atoms with van der Waals surface area (Å²) in [6.07, 6.45) is 3.65. The number of halogens is 1. The number of benzene rings is 3. The summed E-state index contributed by atoms with van der Waals surface area (Å²) in [4.78, 5) is 15.2. The maximum Gasteiger partial charge on any atom is 0.254 e. The van der Waals surface area contributed by atoms with Gasteiger partial charge in [0.25, 0.3) is 5.91 Å². The average Bonchev–Trinajstić information content (AvgIpc) is 2.93. The zero-order valence-electron chi connectivity index (χ0n) is 24.9. The smallest absolute Gasteiger partial charge is 0.254 e. The molecule has 0 radical (unpaired) electrons. The molecule has 0 aliphatic heterocycles. The van der Waals surface area contributed by atoms with E-state index in [1.165, 1.54) is 17.2 Å². The SMILES string of the molecule is CCC(C)(C)c1ccc(OCCCCN(Cc2ccccc2F)C(=O)c2ccccc2C)c(C(C)(C)CC)c1. The van der Waals surface area contributed by atoms with Crippen LogP contribution in [-0.2, 0) is 17.4 Å². The number of carbonyl (C=O) groups is 1. The first kappa shape index (κ1) is 30.4. The third kappa shape index (κ3) is 7.71. The molecule has 0 saturated heterocycles. The minimum atomic E-state index is -0.288. The molecular formula is C35H46FNO2. The second kappa shape index (κ2) is 13.3. The molecule has 0 bridgehead atoms. The predicted molar refractivity (Wildman–Crippen MR) is 160 cm³/mol. The number of nitrogens with zero attached hydrogens (tertiary/aromatic N) is 1. The molecule has 3 aromatic rings. The van der Waals surface area contributed by atoms with Gasteiger partial charge in [0.2, 0.25) is 0 Å². The zero-order valence-corrected chi connectivity index (χ0v) is 24.9. The molecule has 0 unspecified atom stereocenters. The first-order chi connectivity index (χ1) is 18.5. The molecule has 3 nitrogen and oxygen atoms in total. The third-order valence-electron chi connectivity index (χ3n) is 8.32. The summed E-state index contributed by atoms with van der Waals surface area (Å²) in [6, 6.07) is 20.9. The Morgan fingerprint density at radius 3 is 2.21 bits per heavy atom. The van der Waals surface area contributed by atoms with Crippen LogP contribution in [0.2, 0.25) is 0 Å². The number of ether oxygens (including phenoxy) is 1. The molecule has 0 atom stereocenters. The highest BCUT2D eigenvalue weighted by Crippen LogP contribution is 2.38. The summed E-state index contributed by atoms with van der Waals surface area (Å²) in [5, 5.41) is 0. The largest absolute Gasteiger partial charge is 0.493 e. The number of aryl methyl sites for hydroxylation is 1. The number of hydrogen-bond acceptors (Lipinski definition) is 2. The topological polar surface area (TPSA) is 29.5 Å². The number of carbonyl (C=O) groups excluding carboxylic acids is 1. The van der Waals surface area contributed by atoms with E-state index in [-0.39, 0.29) is 29.1 Å². The second-order valence-electron chi connectivity index (χ2n) is 11.9. The van der Waals surface area contributed by atoms with Crippen LogP contribution in [0.1, 0.15) is 99.8 Å². The highest BCUT2D eigenvalue weighted by molar-refractivity contribution is 5.95. The molecule has 0 aliphatic rings. The first-order valence-corrected chi connectivity index (χ1v) is 14.4. The van der Waals surface area contributed by atoms with Gasteiger partial charge in [-0.15, -0.1) is 0 Å². The quantitative estimate of drug-likeness (QED) is 0.206. The van der Waals surface area contributed by atoms with Crippen molar-refractivity contribution in [3.63, 3.8) is 0 Å². The van der Waals surface area contributed by atoms with Crippen molar-refractivity contribution >= 4 is 5.91 Å². The van der Waals surface area contributed by atoms with Crippen molar-refractivity contribution in [3.05, 3.63) is 100 Å². The van der Waals surface area contributed by atoms with Gasteiger partial charge in [0.05, 0.1) is 6.61 Å². The van der Waals surface area contributed by atoms with Crippen LogP contribution in [0.15, 0.2) is 66.7 Å². The standard InChI is InChI=1S/C35H46FNO2/c1-8-34(4,5)28-20-21-32(30(24-28)35(6,7)9-2)39-23-15-14-22-37(25-27-17-11-13-19-31(27)36)33(38)29-18-12-10-16-26(29)3/h10-13,16-21,24H,8-9,14-15,22-23,25H2,1-7H3. The van der Waals surface area contributed by atoms with Crippen LogP contribution in [0, 0.1) is 12.7 Å². The number of hydrogen-bond donors (Lipinski definition) is 0. The molecule has 0 aromatic heterocycles. The lowest BCUT2D eigenvalue weighted by molar-refractivity contribution is 0.0735. The molecule has 1 amide bonds. The molecule has 0 fully saturated rings. The Kier molecular flexibility index (Phi) is 10.4. The maximum atomic E-state index is 14.5. The average molecular weight is 532 g/mol. The monoisotopic (exact) mass is 531 g/mol. The number of amides is 1. The van der Waals surface area contributed by atoms with Gasteiger partial charge >= 0.3 is 0 Å². The van der Waals surface area contributed by atoms with Crippen molar-refractivity contribution in [1.82, 2.24) is 4.90 Å². The molecule has 3 rings (SSSR count). The van der Waals surface area contributed by atoms with E-state index < -0.39 is 0 Å². The van der Waals surface area contributed by atoms with E-state index in [0.717, 1.165) is 37.0 Å². The summed E-state index contributed by atoms with van der Waals surface area (Å²) < 4.78 is 20.8. The lowest BCUT2D eigenvalue weighted by Crippen LogP contribution is -2.32. The molecule has 4 heteroatoms. The Bertz CT molecular complexity index is 1250. The molecule has 3 aromatic carbocycles. The molecular weight excluding hydrogens is 485 g/mol. The minimum absolute atomic E-state index is 0.00564. The maximum absolute atomic E-state index is 14.5. The fourth-order valence-corrected chi connectivity index (χ4v) is 4.65. The minimum Gasteiger partial charge on any atom is -0.493 e. The van der Waals surface area contributed by atoms with Gasteiger partial charge in [-0.05, 0) is 72.8 Å². The van der Waals surface area contributed by atoms with E-state index in [4.69, 9.17) is 4.74 Å². The van der Waals surface area contributed by atoms with Crippen LogP contribution in [0.5, 0.6) is 5.75 Å². The first-order valence-electron chi connectivity index (χ1n) is 14.4. The molecule has 0 saturated carbocycles. The van der Waals surface area contributed by atoms with Crippen molar-refractivity contribution in [2.45, 2.75) is 91.5 Å². The molecule has 210 valence electrons. The van der Waals surface area contributed by atoms with Crippen LogP contribution in [0.4, 0.5) is 4.39 Å². The van der Waals surface area contributed by atoms with Gasteiger partial charge < -0.3 is 9.64 Å². The van der Waals surface area contributed by atoms with Crippen molar-refractivity contribution in [2.75, 3.05) is 13.2 Å². The summed E-state index contributed by atoms with van der Waals surface area (Å²) in [7, 11) is 0. The van der Waals surface area contributed by atoms with Crippen molar-refractivity contribution in [3.8, 4) is 5.75 Å². The van der Waals surface area contributed by atoms with Crippen LogP contribution in [0.25, 0.3) is 0 Å². The van der Waals surface area contributed by atoms with Gasteiger partial charge in [0, 0.05) is 29.8 Å². The Morgan fingerprint density at radius 2 is 1.54 bits per heavy atom. The van der Waals surface area contributed by atoms with Gasteiger partial charge in [-0.1, -0.05) is 90.1 Å². The Morgan fingerprint density at radius 1 is 0.872 bits per heavy atom. The van der Waals surface area contributed by atoms with Gasteiger partial charge in [-0.3, -0.25) is 4.79 Å². The van der Waals surface area contributed by atoms with Gasteiger partial charge in [0.1, 0.15) is 11.6 Å². The van der Waals surface area contributed by atoms with Crippen molar-refractivity contribution in [1.29, 1.82) is 0 Å². The lowest BCUT2D eigenvalue weighted by atomic mass is 9.76. The summed E-state index contributed by atoms with van der Waals surface area (Å²) in [5.41, 5.74) is 4.81. The van der Waals surface area contributed by atoms with Crippen molar-refractivity contribution < 1.29 is 13.9 Å². The second-order valence-corrected chi connectivity index (χ2v) is 11.9. The number of unbranched alkanes of at least 4 members (excludes halogenated alkanes) is 1. The van der Waals surface area contributed by atoms with Crippen LogP contribution < -0.4 is 4.74 Å². The van der Waals surface area contributed by atoms with E-state index in [2.05, 4.69) is 59.7 Å². The normalized spacial score (nSPS) is 11.9. The Hall–Kier alpha value is -3.14. The molecule has 0 aliphatic carbocycles. The third-order valence-corrected chi connectivity index (χ3v) is 8.32. The molecule has 0 N–H and O–H groups in total. The molecule has 0 spiro atoms. The highest BCUT2D eigenvalue weighted by Gasteiger charge is 2.26. The highest BCUT2D eigenvalue weighted by atomic mass is 19.1. The van der Waals surface area contributed by atoms with Crippen LogP contribution in [0.3, 0.4) is 0 Å². The van der Waals surface area contributed by atoms with E-state index >= 15 is 0 Å². The lowest BCUT2D eigenvalue weighted by Gasteiger charge is -2.30. The fourth-order valence-electron chi connectivity index (χ4n) is 4.65. The van der Waals surface area contributed by atoms with E-state index in [0.29, 0.717) is 24.3 Å². The number of rotatable bonds is 13. The zero-order chi connectivity index (χ0) is 28.6. The Balaban J connectivity index is 1.70. The van der Waals surface area contributed by atoms with E-state index in [9.17, 15) is 9.18 Å². The summed E-state index contributed by atoms with van der Waals surface area (Å²) >= 11 is 0. The van der Waals surface area contributed by atoms with Crippen molar-refractivity contribution in [2.24, 2.45) is 0 Å². The summed E-state index contributed by atoms with van der Waals surface area (Å²) in [6.45, 7) is 16.8. The summed E-state index contributed by atoms with van der Waals surface area (Å²) in [5.74, 6) is 0.583. The molecule has 0 heterocycles. The van der Waals surface area contributed by atoms with Crippen LogP contribution in [-0.4, -0.2) is 24.0 Å². The van der Waals surface area contributed by atoms with E-state index in [1.54, 1.807) is 17.0 Å². The van der Waals surface area contributed by atoms with Gasteiger partial charge in [-0.25, -0.2) is 4.39 Å². The van der Waals surface area contributed by atoms with Gasteiger partial charge in [0.15, 0.2) is 0 Å². The fraction of sp³-hybridized carbons (Fsp3) is 0.457. The predicted octanol–water partition coefficient (Wildman–Crippen LogP) is 9.01. The van der Waals surface area contributed by atoms with Gasteiger partial charge in [-0.2, -0.15) is 0 Å². The van der Waals surface area contributed by atoms with Crippen LogP contribution >= 0.6 is 0 Å².